The van der Waals surface area contributed by atoms with Crippen molar-refractivity contribution in [2.24, 2.45) is 5.73 Å². The highest BCUT2D eigenvalue weighted by Crippen LogP contribution is 2.41. The van der Waals surface area contributed by atoms with Gasteiger partial charge in [0.2, 0.25) is 5.91 Å². The van der Waals surface area contributed by atoms with Crippen molar-refractivity contribution in [3.8, 4) is 22.6 Å². The predicted octanol–water partition coefficient (Wildman–Crippen LogP) is 4.89. The molecule has 0 aliphatic rings. The zero-order chi connectivity index (χ0) is 25.6. The SMILES string of the molecule is CCOc1cc(-c2cccc(-n3cnc4ccccc4c3=O)c2C)c2c(C)c(C)[nH]c2c1CC(N)=O. The Morgan fingerprint density at radius 2 is 1.83 bits per heavy atom. The van der Waals surface area contributed by atoms with Gasteiger partial charge in [0.25, 0.3) is 5.56 Å². The Morgan fingerprint density at radius 1 is 1.06 bits per heavy atom. The van der Waals surface area contributed by atoms with E-state index in [4.69, 9.17) is 10.5 Å². The average molecular weight is 481 g/mol. The normalized spacial score (nSPS) is 11.3. The number of primary amides is 1. The summed E-state index contributed by atoms with van der Waals surface area (Å²) in [5.74, 6) is 0.200. The third kappa shape index (κ3) is 3.73. The molecular formula is C29H28N4O3. The summed E-state index contributed by atoms with van der Waals surface area (Å²) in [6.07, 6.45) is 1.66. The van der Waals surface area contributed by atoms with Gasteiger partial charge in [-0.1, -0.05) is 24.3 Å². The summed E-state index contributed by atoms with van der Waals surface area (Å²) in [4.78, 5) is 33.2. The van der Waals surface area contributed by atoms with Crippen molar-refractivity contribution in [1.82, 2.24) is 14.5 Å². The van der Waals surface area contributed by atoms with Crippen LogP contribution in [0.1, 0.15) is 29.3 Å². The molecule has 182 valence electrons. The van der Waals surface area contributed by atoms with Gasteiger partial charge in [0.15, 0.2) is 0 Å². The van der Waals surface area contributed by atoms with Crippen LogP contribution in [0.15, 0.2) is 59.7 Å². The fourth-order valence-corrected chi connectivity index (χ4v) is 4.96. The molecule has 0 fully saturated rings. The minimum Gasteiger partial charge on any atom is -0.493 e. The van der Waals surface area contributed by atoms with Crippen LogP contribution >= 0.6 is 0 Å². The molecule has 7 heteroatoms. The Balaban J connectivity index is 1.80. The summed E-state index contributed by atoms with van der Waals surface area (Å²) in [7, 11) is 0. The number of nitrogens with one attached hydrogen (secondary N) is 1. The van der Waals surface area contributed by atoms with E-state index in [1.807, 2.05) is 63.2 Å². The molecule has 7 nitrogen and oxygen atoms in total. The van der Waals surface area contributed by atoms with E-state index in [2.05, 4.69) is 16.9 Å². The van der Waals surface area contributed by atoms with Gasteiger partial charge in [-0.25, -0.2) is 4.98 Å². The quantitative estimate of drug-likeness (QED) is 0.361. The maximum Gasteiger partial charge on any atom is 0.265 e. The average Bonchev–Trinajstić information content (AvgIpc) is 3.16. The first-order valence-corrected chi connectivity index (χ1v) is 11.9. The van der Waals surface area contributed by atoms with E-state index in [-0.39, 0.29) is 12.0 Å². The number of amides is 1. The van der Waals surface area contributed by atoms with Crippen molar-refractivity contribution >= 4 is 27.7 Å². The molecule has 0 atom stereocenters. The number of carbonyl (C=O) groups is 1. The van der Waals surface area contributed by atoms with E-state index >= 15 is 0 Å². The number of H-pyrrole nitrogens is 1. The second-order valence-electron chi connectivity index (χ2n) is 8.99. The minimum atomic E-state index is -0.420. The largest absolute Gasteiger partial charge is 0.493 e. The minimum absolute atomic E-state index is 0.0721. The van der Waals surface area contributed by atoms with Gasteiger partial charge >= 0.3 is 0 Å². The number of ether oxygens (including phenoxy) is 1. The predicted molar refractivity (Wildman–Crippen MR) is 143 cm³/mol. The first kappa shape index (κ1) is 23.4. The molecule has 36 heavy (non-hydrogen) atoms. The highest BCUT2D eigenvalue weighted by molar-refractivity contribution is 6.03. The molecule has 0 saturated heterocycles. The molecule has 3 aromatic carbocycles. The lowest BCUT2D eigenvalue weighted by Gasteiger charge is -2.18. The second kappa shape index (κ2) is 9.00. The van der Waals surface area contributed by atoms with Gasteiger partial charge < -0.3 is 15.5 Å². The zero-order valence-electron chi connectivity index (χ0n) is 20.8. The number of hydrogen-bond donors (Lipinski definition) is 2. The number of fused-ring (bicyclic) bond motifs is 2. The molecule has 0 aliphatic heterocycles. The highest BCUT2D eigenvalue weighted by Gasteiger charge is 2.22. The number of nitrogens with two attached hydrogens (primary N) is 1. The monoisotopic (exact) mass is 480 g/mol. The molecule has 0 saturated carbocycles. The number of para-hydroxylation sites is 1. The van der Waals surface area contributed by atoms with Crippen LogP contribution in [-0.4, -0.2) is 27.0 Å². The van der Waals surface area contributed by atoms with Crippen molar-refractivity contribution in [3.05, 3.63) is 87.6 Å². The molecule has 0 spiro atoms. The molecule has 3 N–H and O–H groups in total. The Kier molecular flexibility index (Phi) is 5.84. The van der Waals surface area contributed by atoms with Gasteiger partial charge in [-0.3, -0.25) is 14.2 Å². The Morgan fingerprint density at radius 3 is 2.58 bits per heavy atom. The maximum atomic E-state index is 13.3. The van der Waals surface area contributed by atoms with Crippen molar-refractivity contribution in [1.29, 1.82) is 0 Å². The van der Waals surface area contributed by atoms with Crippen LogP contribution in [0.2, 0.25) is 0 Å². The fourth-order valence-electron chi connectivity index (χ4n) is 4.96. The summed E-state index contributed by atoms with van der Waals surface area (Å²) in [5, 5.41) is 1.58. The van der Waals surface area contributed by atoms with E-state index in [1.54, 1.807) is 17.0 Å². The molecule has 1 amide bonds. The molecule has 0 aliphatic carbocycles. The van der Waals surface area contributed by atoms with Crippen molar-refractivity contribution in [2.45, 2.75) is 34.1 Å². The zero-order valence-corrected chi connectivity index (χ0v) is 20.8. The first-order valence-electron chi connectivity index (χ1n) is 11.9. The van der Waals surface area contributed by atoms with E-state index in [1.165, 1.54) is 0 Å². The number of carbonyl (C=O) groups excluding carboxylic acids is 1. The standard InChI is InChI=1S/C29H28N4O3/c1-5-36-25-13-21(27-16(2)18(4)32-28(27)22(25)14-26(30)34)19-10-8-12-24(17(19)3)33-15-31-23-11-7-6-9-20(23)29(33)35/h6-13,15,32H,5,14H2,1-4H3,(H2,30,34). The van der Waals surface area contributed by atoms with Crippen LogP contribution in [0.4, 0.5) is 0 Å². The van der Waals surface area contributed by atoms with Gasteiger partial charge in [0.1, 0.15) is 12.1 Å². The van der Waals surface area contributed by atoms with Gasteiger partial charge in [-0.15, -0.1) is 0 Å². The van der Waals surface area contributed by atoms with Gasteiger partial charge in [-0.2, -0.15) is 0 Å². The van der Waals surface area contributed by atoms with E-state index in [9.17, 15) is 9.59 Å². The van der Waals surface area contributed by atoms with Crippen LogP contribution in [0.5, 0.6) is 5.75 Å². The lowest BCUT2D eigenvalue weighted by molar-refractivity contribution is -0.117. The van der Waals surface area contributed by atoms with Crippen LogP contribution in [0, 0.1) is 20.8 Å². The number of benzene rings is 3. The van der Waals surface area contributed by atoms with Crippen molar-refractivity contribution < 1.29 is 9.53 Å². The van der Waals surface area contributed by atoms with E-state index in [0.29, 0.717) is 23.3 Å². The highest BCUT2D eigenvalue weighted by atomic mass is 16.5. The Bertz CT molecular complexity index is 1710. The first-order chi connectivity index (χ1) is 17.3. The van der Waals surface area contributed by atoms with Crippen LogP contribution < -0.4 is 16.0 Å². The lowest BCUT2D eigenvalue weighted by Crippen LogP contribution is -2.19. The molecule has 5 aromatic rings. The number of aromatic nitrogens is 3. The number of nitrogens with zero attached hydrogens (tertiary/aromatic N) is 2. The van der Waals surface area contributed by atoms with Crippen molar-refractivity contribution in [2.75, 3.05) is 6.61 Å². The summed E-state index contributed by atoms with van der Waals surface area (Å²) >= 11 is 0. The van der Waals surface area contributed by atoms with E-state index < -0.39 is 5.91 Å². The molecule has 0 bridgehead atoms. The number of aryl methyl sites for hydroxylation is 2. The Labute approximate surface area is 208 Å². The topological polar surface area (TPSA) is 103 Å². The molecule has 5 rings (SSSR count). The smallest absolute Gasteiger partial charge is 0.265 e. The second-order valence-corrected chi connectivity index (χ2v) is 8.99. The molecule has 2 heterocycles. The van der Waals surface area contributed by atoms with Crippen LogP contribution in [0.3, 0.4) is 0 Å². The summed E-state index contributed by atoms with van der Waals surface area (Å²) in [6.45, 7) is 8.44. The van der Waals surface area contributed by atoms with E-state index in [0.717, 1.165) is 50.1 Å². The van der Waals surface area contributed by atoms with Crippen molar-refractivity contribution in [3.63, 3.8) is 0 Å². The summed E-state index contributed by atoms with van der Waals surface area (Å²) < 4.78 is 7.58. The number of hydrogen-bond acceptors (Lipinski definition) is 4. The number of aromatic amines is 1. The third-order valence-corrected chi connectivity index (χ3v) is 6.82. The fraction of sp³-hybridized carbons (Fsp3) is 0.207. The Hall–Kier alpha value is -4.39. The molecule has 0 unspecified atom stereocenters. The maximum absolute atomic E-state index is 13.3. The van der Waals surface area contributed by atoms with Crippen LogP contribution in [-0.2, 0) is 11.2 Å². The summed E-state index contributed by atoms with van der Waals surface area (Å²) in [5.41, 5.74) is 13.4. The van der Waals surface area contributed by atoms with Gasteiger partial charge in [0.05, 0.1) is 35.1 Å². The van der Waals surface area contributed by atoms with Crippen LogP contribution in [0.25, 0.3) is 38.6 Å². The molecule has 0 radical (unpaired) electrons. The molecular weight excluding hydrogens is 452 g/mol. The summed E-state index contributed by atoms with van der Waals surface area (Å²) in [6, 6.07) is 15.2. The van der Waals surface area contributed by atoms with Gasteiger partial charge in [0, 0.05) is 16.6 Å². The van der Waals surface area contributed by atoms with Gasteiger partial charge in [-0.05, 0) is 74.2 Å². The third-order valence-electron chi connectivity index (χ3n) is 6.82. The lowest BCUT2D eigenvalue weighted by atomic mass is 9.91. The molecule has 2 aromatic heterocycles. The number of rotatable bonds is 6.